The third-order valence-electron chi connectivity index (χ3n) is 7.20. The quantitative estimate of drug-likeness (QED) is 0.215. The zero-order valence-electron chi connectivity index (χ0n) is 23.6. The largest absolute Gasteiger partial charge is 0.508 e. The number of phenols is 1. The predicted molar refractivity (Wildman–Crippen MR) is 149 cm³/mol. The first-order chi connectivity index (χ1) is 18.8. The lowest BCUT2D eigenvalue weighted by Gasteiger charge is -2.46. The Kier molecular flexibility index (Phi) is 8.51. The van der Waals surface area contributed by atoms with Gasteiger partial charge >= 0.3 is 5.63 Å². The number of hydrogen-bond donors (Lipinski definition) is 3. The minimum atomic E-state index is -1.38. The number of ketones is 1. The normalized spacial score (nSPS) is 22.2. The zero-order valence-corrected chi connectivity index (χ0v) is 23.6. The highest BCUT2D eigenvalue weighted by Gasteiger charge is 2.50. The summed E-state index contributed by atoms with van der Waals surface area (Å²) in [6, 6.07) is 9.61. The molecule has 0 bridgehead atoms. The van der Waals surface area contributed by atoms with Gasteiger partial charge in [-0.05, 0) is 83.0 Å². The molecule has 0 aliphatic carbocycles. The number of carbonyl (C=O) groups excluding carboxylic acids is 1. The first kappa shape index (κ1) is 29.5. The number of phenolic OH excluding ortho intramolecular Hbond substituents is 1. The number of ether oxygens (including phenoxy) is 3. The minimum absolute atomic E-state index is 0.107. The molecular formula is C31H36O9. The highest BCUT2D eigenvalue weighted by molar-refractivity contribution is 5.98. The molecule has 1 fully saturated rings. The molecule has 1 saturated heterocycles. The number of aromatic hydroxyl groups is 1. The van der Waals surface area contributed by atoms with Crippen molar-refractivity contribution in [2.24, 2.45) is 0 Å². The first-order valence-electron chi connectivity index (χ1n) is 13.1. The Balaban J connectivity index is 1.57. The van der Waals surface area contributed by atoms with Gasteiger partial charge in [0.15, 0.2) is 5.78 Å². The van der Waals surface area contributed by atoms with Crippen LogP contribution >= 0.6 is 0 Å². The number of hydrogen-bond acceptors (Lipinski definition) is 9. The van der Waals surface area contributed by atoms with E-state index in [9.17, 15) is 24.9 Å². The van der Waals surface area contributed by atoms with Gasteiger partial charge in [0.05, 0.1) is 5.60 Å². The third kappa shape index (κ3) is 5.97. The second-order valence-electron chi connectivity index (χ2n) is 10.9. The fraction of sp³-hybridized carbons (Fsp3) is 0.419. The lowest BCUT2D eigenvalue weighted by molar-refractivity contribution is -0.306. The summed E-state index contributed by atoms with van der Waals surface area (Å²) in [6.07, 6.45) is -2.29. The van der Waals surface area contributed by atoms with Crippen LogP contribution in [0.3, 0.4) is 0 Å². The molecule has 214 valence electrons. The lowest BCUT2D eigenvalue weighted by Crippen LogP contribution is -2.63. The lowest BCUT2D eigenvalue weighted by atomic mass is 9.89. The molecule has 9 heteroatoms. The Morgan fingerprint density at radius 2 is 1.80 bits per heavy atom. The molecule has 4 atom stereocenters. The standard InChI is InChI=1S/C31H36O9/c1-16(2)7-8-18-13-19(9-11-22(18)32)23(33)15-21-14-20-10-12-24(17(3)27(20)39-29(21)36)38-30-26(35)25(34)28(37-6)31(4,5)40-30/h7,9-14,25-26,28,30,32,34-35H,8,15H2,1-6H3. The minimum Gasteiger partial charge on any atom is -0.508 e. The molecule has 2 heterocycles. The second-order valence-corrected chi connectivity index (χ2v) is 10.9. The molecule has 0 spiro atoms. The number of fused-ring (bicyclic) bond motifs is 1. The van der Waals surface area contributed by atoms with E-state index >= 15 is 0 Å². The van der Waals surface area contributed by atoms with E-state index in [4.69, 9.17) is 18.6 Å². The van der Waals surface area contributed by atoms with Gasteiger partial charge in [-0.2, -0.15) is 0 Å². The van der Waals surface area contributed by atoms with Gasteiger partial charge < -0.3 is 33.9 Å². The molecular weight excluding hydrogens is 516 g/mol. The van der Waals surface area contributed by atoms with E-state index in [-0.39, 0.29) is 29.1 Å². The van der Waals surface area contributed by atoms with Crippen molar-refractivity contribution in [1.82, 2.24) is 0 Å². The summed E-state index contributed by atoms with van der Waals surface area (Å²) in [7, 11) is 1.43. The molecule has 2 aromatic carbocycles. The van der Waals surface area contributed by atoms with E-state index in [1.807, 2.05) is 19.9 Å². The number of rotatable bonds is 8. The van der Waals surface area contributed by atoms with Crippen molar-refractivity contribution in [1.29, 1.82) is 0 Å². The van der Waals surface area contributed by atoms with Crippen molar-refractivity contribution in [3.63, 3.8) is 0 Å². The van der Waals surface area contributed by atoms with Gasteiger partial charge in [-0.3, -0.25) is 4.79 Å². The zero-order chi connectivity index (χ0) is 29.4. The fourth-order valence-electron chi connectivity index (χ4n) is 4.94. The van der Waals surface area contributed by atoms with Crippen molar-refractivity contribution < 1.29 is 38.7 Å². The highest BCUT2D eigenvalue weighted by atomic mass is 16.7. The summed E-state index contributed by atoms with van der Waals surface area (Å²) in [5, 5.41) is 31.8. The number of aliphatic hydroxyl groups excluding tert-OH is 2. The van der Waals surface area contributed by atoms with Crippen LogP contribution in [0.5, 0.6) is 11.5 Å². The van der Waals surface area contributed by atoms with Crippen LogP contribution in [0.1, 0.15) is 54.7 Å². The Bertz CT molecular complexity index is 1500. The average Bonchev–Trinajstić information content (AvgIpc) is 2.89. The Labute approximate surface area is 232 Å². The Morgan fingerprint density at radius 1 is 1.07 bits per heavy atom. The molecule has 0 radical (unpaired) electrons. The summed E-state index contributed by atoms with van der Waals surface area (Å²) in [6.45, 7) is 9.06. The van der Waals surface area contributed by atoms with E-state index in [2.05, 4.69) is 0 Å². The summed E-state index contributed by atoms with van der Waals surface area (Å²) >= 11 is 0. The van der Waals surface area contributed by atoms with Crippen LogP contribution in [0.15, 0.2) is 57.3 Å². The first-order valence-corrected chi connectivity index (χ1v) is 13.1. The summed E-state index contributed by atoms with van der Waals surface area (Å²) < 4.78 is 22.7. The van der Waals surface area contributed by atoms with Crippen LogP contribution < -0.4 is 10.4 Å². The predicted octanol–water partition coefficient (Wildman–Crippen LogP) is 3.99. The molecule has 4 rings (SSSR count). The topological polar surface area (TPSA) is 136 Å². The van der Waals surface area contributed by atoms with Crippen LogP contribution in [-0.4, -0.2) is 58.4 Å². The maximum absolute atomic E-state index is 13.0. The summed E-state index contributed by atoms with van der Waals surface area (Å²) in [5.41, 5.74) is 1.48. The molecule has 1 aromatic heterocycles. The van der Waals surface area contributed by atoms with E-state index in [0.29, 0.717) is 34.2 Å². The SMILES string of the molecule is COC1C(O)C(O)C(Oc2ccc3cc(CC(=O)c4ccc(O)c(CC=C(C)C)c4)c(=O)oc3c2C)OC1(C)C. The molecule has 3 aromatic rings. The second kappa shape index (κ2) is 11.5. The van der Waals surface area contributed by atoms with Crippen LogP contribution in [0.2, 0.25) is 0 Å². The molecule has 1 aliphatic rings. The van der Waals surface area contributed by atoms with Gasteiger partial charge in [0.1, 0.15) is 35.4 Å². The van der Waals surface area contributed by atoms with Crippen LogP contribution in [-0.2, 0) is 22.3 Å². The highest BCUT2D eigenvalue weighted by Crippen LogP contribution is 2.35. The van der Waals surface area contributed by atoms with Crippen molar-refractivity contribution in [2.75, 3.05) is 7.11 Å². The van der Waals surface area contributed by atoms with Crippen molar-refractivity contribution in [3.8, 4) is 11.5 Å². The Morgan fingerprint density at radius 3 is 2.48 bits per heavy atom. The molecule has 9 nitrogen and oxygen atoms in total. The number of allylic oxidation sites excluding steroid dienone is 2. The molecule has 4 unspecified atom stereocenters. The van der Waals surface area contributed by atoms with E-state index < -0.39 is 35.8 Å². The molecule has 0 amide bonds. The Hall–Kier alpha value is -3.50. The molecule has 3 N–H and O–H groups in total. The van der Waals surface area contributed by atoms with Crippen molar-refractivity contribution >= 4 is 16.8 Å². The molecule has 1 aliphatic heterocycles. The van der Waals surface area contributed by atoms with Gasteiger partial charge in [0.25, 0.3) is 0 Å². The van der Waals surface area contributed by atoms with Gasteiger partial charge in [-0.25, -0.2) is 4.79 Å². The van der Waals surface area contributed by atoms with Crippen molar-refractivity contribution in [2.45, 2.75) is 77.7 Å². The van der Waals surface area contributed by atoms with Gasteiger partial charge in [-0.15, -0.1) is 0 Å². The number of Topliss-reactive ketones (excluding diaryl/α,β-unsaturated/α-hetero) is 1. The number of aryl methyl sites for hydroxylation is 1. The van der Waals surface area contributed by atoms with Gasteiger partial charge in [0, 0.05) is 35.6 Å². The van der Waals surface area contributed by atoms with Crippen LogP contribution in [0.25, 0.3) is 11.0 Å². The van der Waals surface area contributed by atoms with Crippen LogP contribution in [0, 0.1) is 6.92 Å². The number of aliphatic hydroxyl groups is 2. The van der Waals surface area contributed by atoms with E-state index in [1.165, 1.54) is 19.2 Å². The fourth-order valence-corrected chi connectivity index (χ4v) is 4.94. The summed E-state index contributed by atoms with van der Waals surface area (Å²) in [5.74, 6) is 0.131. The maximum atomic E-state index is 13.0. The average molecular weight is 553 g/mol. The van der Waals surface area contributed by atoms with E-state index in [1.54, 1.807) is 45.0 Å². The van der Waals surface area contributed by atoms with Gasteiger partial charge in [-0.1, -0.05) is 11.6 Å². The van der Waals surface area contributed by atoms with Gasteiger partial charge in [0.2, 0.25) is 6.29 Å². The van der Waals surface area contributed by atoms with E-state index in [0.717, 1.165) is 5.57 Å². The number of carbonyl (C=O) groups is 1. The molecule has 0 saturated carbocycles. The molecule has 40 heavy (non-hydrogen) atoms. The maximum Gasteiger partial charge on any atom is 0.339 e. The number of benzene rings is 2. The van der Waals surface area contributed by atoms with Crippen molar-refractivity contribution in [3.05, 3.63) is 80.7 Å². The summed E-state index contributed by atoms with van der Waals surface area (Å²) in [4.78, 5) is 25.9. The monoisotopic (exact) mass is 552 g/mol. The van der Waals surface area contributed by atoms with Crippen LogP contribution in [0.4, 0.5) is 0 Å². The smallest absolute Gasteiger partial charge is 0.339 e. The third-order valence-corrected chi connectivity index (χ3v) is 7.20. The number of methoxy groups -OCH3 is 1.